The number of benzene rings is 1. The highest BCUT2D eigenvalue weighted by molar-refractivity contribution is 5.80. The van der Waals surface area contributed by atoms with Crippen molar-refractivity contribution in [1.29, 1.82) is 0 Å². The molecule has 1 aromatic rings. The number of hydrogen-bond acceptors (Lipinski definition) is 3. The molecule has 0 atom stereocenters. The summed E-state index contributed by atoms with van der Waals surface area (Å²) >= 11 is 0. The van der Waals surface area contributed by atoms with E-state index in [1.165, 1.54) is 6.07 Å². The summed E-state index contributed by atoms with van der Waals surface area (Å²) in [5.41, 5.74) is 0.622. The van der Waals surface area contributed by atoms with Crippen LogP contribution in [0.3, 0.4) is 0 Å². The molecule has 1 aromatic carbocycles. The SMILES string of the molecule is CCNC(=NCCCN(C)c1ccccc1F)N1CCC(CC(=O)NC)CC1. The Labute approximate surface area is 168 Å². The summed E-state index contributed by atoms with van der Waals surface area (Å²) in [6.45, 7) is 6.18. The number of nitrogens with one attached hydrogen (secondary N) is 2. The molecule has 0 bridgehead atoms. The third kappa shape index (κ3) is 6.69. The number of likely N-dealkylation sites (tertiary alicyclic amines) is 1. The predicted molar refractivity (Wildman–Crippen MR) is 113 cm³/mol. The van der Waals surface area contributed by atoms with Crippen LogP contribution in [0.4, 0.5) is 10.1 Å². The van der Waals surface area contributed by atoms with Crippen molar-refractivity contribution in [2.75, 3.05) is 51.7 Å². The van der Waals surface area contributed by atoms with Crippen molar-refractivity contribution in [1.82, 2.24) is 15.5 Å². The Morgan fingerprint density at radius 1 is 1.32 bits per heavy atom. The van der Waals surface area contributed by atoms with Crippen molar-refractivity contribution in [3.05, 3.63) is 30.1 Å². The number of hydrogen-bond donors (Lipinski definition) is 2. The van der Waals surface area contributed by atoms with Crippen molar-refractivity contribution < 1.29 is 9.18 Å². The molecule has 7 heteroatoms. The topological polar surface area (TPSA) is 60.0 Å². The highest BCUT2D eigenvalue weighted by atomic mass is 19.1. The van der Waals surface area contributed by atoms with Crippen LogP contribution in [0.1, 0.15) is 32.6 Å². The fourth-order valence-corrected chi connectivity index (χ4v) is 3.51. The predicted octanol–water partition coefficient (Wildman–Crippen LogP) is 2.47. The lowest BCUT2D eigenvalue weighted by Gasteiger charge is -2.34. The van der Waals surface area contributed by atoms with E-state index < -0.39 is 0 Å². The summed E-state index contributed by atoms with van der Waals surface area (Å²) in [5.74, 6) is 1.32. The first-order valence-electron chi connectivity index (χ1n) is 10.2. The van der Waals surface area contributed by atoms with Gasteiger partial charge in [0.15, 0.2) is 5.96 Å². The van der Waals surface area contributed by atoms with Gasteiger partial charge in [-0.3, -0.25) is 9.79 Å². The van der Waals surface area contributed by atoms with Gasteiger partial charge in [0, 0.05) is 53.2 Å². The van der Waals surface area contributed by atoms with Crippen molar-refractivity contribution >= 4 is 17.6 Å². The van der Waals surface area contributed by atoms with Gasteiger partial charge in [0.05, 0.1) is 5.69 Å². The molecule has 2 N–H and O–H groups in total. The lowest BCUT2D eigenvalue weighted by atomic mass is 9.93. The van der Waals surface area contributed by atoms with E-state index in [9.17, 15) is 9.18 Å². The molecule has 6 nitrogen and oxygen atoms in total. The van der Waals surface area contributed by atoms with Gasteiger partial charge in [0.1, 0.15) is 5.82 Å². The van der Waals surface area contributed by atoms with Gasteiger partial charge >= 0.3 is 0 Å². The number of piperidine rings is 1. The number of amides is 1. The second kappa shape index (κ2) is 11.5. The maximum Gasteiger partial charge on any atom is 0.220 e. The molecule has 1 amide bonds. The monoisotopic (exact) mass is 391 g/mol. The first-order valence-corrected chi connectivity index (χ1v) is 10.2. The van der Waals surface area contributed by atoms with Gasteiger partial charge in [-0.25, -0.2) is 4.39 Å². The zero-order valence-electron chi connectivity index (χ0n) is 17.4. The molecular formula is C21H34FN5O. The van der Waals surface area contributed by atoms with Crippen LogP contribution in [-0.4, -0.2) is 63.6 Å². The van der Waals surface area contributed by atoms with Gasteiger partial charge in [-0.15, -0.1) is 0 Å². The lowest BCUT2D eigenvalue weighted by Crippen LogP contribution is -2.46. The largest absolute Gasteiger partial charge is 0.372 e. The Hall–Kier alpha value is -2.31. The van der Waals surface area contributed by atoms with Gasteiger partial charge in [0.2, 0.25) is 5.91 Å². The molecule has 0 spiro atoms. The minimum Gasteiger partial charge on any atom is -0.372 e. The maximum atomic E-state index is 13.8. The third-order valence-corrected chi connectivity index (χ3v) is 5.18. The Balaban J connectivity index is 1.81. The number of para-hydroxylation sites is 1. The highest BCUT2D eigenvalue weighted by Crippen LogP contribution is 2.20. The molecule has 1 fully saturated rings. The number of rotatable bonds is 8. The lowest BCUT2D eigenvalue weighted by molar-refractivity contribution is -0.121. The van der Waals surface area contributed by atoms with E-state index in [1.54, 1.807) is 19.2 Å². The summed E-state index contributed by atoms with van der Waals surface area (Å²) in [6, 6.07) is 6.84. The fourth-order valence-electron chi connectivity index (χ4n) is 3.51. The molecule has 0 saturated carbocycles. The number of carbonyl (C=O) groups is 1. The van der Waals surface area contributed by atoms with E-state index in [0.29, 0.717) is 24.6 Å². The Bertz CT molecular complexity index is 643. The van der Waals surface area contributed by atoms with Gasteiger partial charge < -0.3 is 20.4 Å². The average Bonchev–Trinajstić information content (AvgIpc) is 2.71. The van der Waals surface area contributed by atoms with Crippen LogP contribution in [0, 0.1) is 11.7 Å². The number of carbonyl (C=O) groups excluding carboxylic acids is 1. The number of halogens is 1. The molecule has 2 rings (SSSR count). The van der Waals surface area contributed by atoms with Crippen LogP contribution in [-0.2, 0) is 4.79 Å². The number of guanidine groups is 1. The van der Waals surface area contributed by atoms with Crippen molar-refractivity contribution in [3.63, 3.8) is 0 Å². The van der Waals surface area contributed by atoms with Gasteiger partial charge in [-0.05, 0) is 44.2 Å². The first kappa shape index (κ1) is 22.0. The molecule has 0 radical (unpaired) electrons. The fraction of sp³-hybridized carbons (Fsp3) is 0.619. The molecular weight excluding hydrogens is 357 g/mol. The van der Waals surface area contributed by atoms with Crippen LogP contribution >= 0.6 is 0 Å². The minimum absolute atomic E-state index is 0.123. The van der Waals surface area contributed by atoms with Crippen LogP contribution in [0.15, 0.2) is 29.3 Å². The average molecular weight is 392 g/mol. The van der Waals surface area contributed by atoms with Crippen molar-refractivity contribution in [2.45, 2.75) is 32.6 Å². The summed E-state index contributed by atoms with van der Waals surface area (Å²) in [6.07, 6.45) is 3.48. The van der Waals surface area contributed by atoms with Crippen LogP contribution in [0.2, 0.25) is 0 Å². The van der Waals surface area contributed by atoms with E-state index in [0.717, 1.165) is 51.4 Å². The van der Waals surface area contributed by atoms with E-state index in [1.807, 2.05) is 18.0 Å². The molecule has 1 aliphatic rings. The molecule has 1 heterocycles. The van der Waals surface area contributed by atoms with Crippen LogP contribution in [0.25, 0.3) is 0 Å². The summed E-state index contributed by atoms with van der Waals surface area (Å²) in [7, 11) is 3.60. The second-order valence-corrected chi connectivity index (χ2v) is 7.27. The minimum atomic E-state index is -0.193. The van der Waals surface area contributed by atoms with E-state index in [4.69, 9.17) is 4.99 Å². The number of anilines is 1. The molecule has 1 aliphatic heterocycles. The van der Waals surface area contributed by atoms with Crippen molar-refractivity contribution in [3.8, 4) is 0 Å². The summed E-state index contributed by atoms with van der Waals surface area (Å²) in [4.78, 5) is 20.5. The zero-order valence-corrected chi connectivity index (χ0v) is 17.4. The first-order chi connectivity index (χ1) is 13.5. The Morgan fingerprint density at radius 2 is 2.04 bits per heavy atom. The smallest absolute Gasteiger partial charge is 0.220 e. The number of nitrogens with zero attached hydrogens (tertiary/aromatic N) is 3. The van der Waals surface area contributed by atoms with Gasteiger partial charge in [-0.1, -0.05) is 12.1 Å². The number of aliphatic imine (C=N–C) groups is 1. The maximum absolute atomic E-state index is 13.8. The zero-order chi connectivity index (χ0) is 20.4. The Morgan fingerprint density at radius 3 is 2.68 bits per heavy atom. The highest BCUT2D eigenvalue weighted by Gasteiger charge is 2.23. The molecule has 28 heavy (non-hydrogen) atoms. The summed E-state index contributed by atoms with van der Waals surface area (Å²) in [5, 5.41) is 6.08. The molecule has 0 unspecified atom stereocenters. The van der Waals surface area contributed by atoms with Crippen LogP contribution < -0.4 is 15.5 Å². The van der Waals surface area contributed by atoms with Crippen molar-refractivity contribution in [2.24, 2.45) is 10.9 Å². The van der Waals surface area contributed by atoms with Gasteiger partial charge in [0.25, 0.3) is 0 Å². The normalized spacial score (nSPS) is 15.4. The third-order valence-electron chi connectivity index (χ3n) is 5.18. The van der Waals surface area contributed by atoms with E-state index >= 15 is 0 Å². The van der Waals surface area contributed by atoms with Crippen LogP contribution in [0.5, 0.6) is 0 Å². The summed E-state index contributed by atoms with van der Waals surface area (Å²) < 4.78 is 13.8. The van der Waals surface area contributed by atoms with Gasteiger partial charge in [-0.2, -0.15) is 0 Å². The molecule has 0 aliphatic carbocycles. The molecule has 0 aromatic heterocycles. The molecule has 156 valence electrons. The quantitative estimate of drug-likeness (QED) is 0.406. The Kier molecular flexibility index (Phi) is 9.04. The second-order valence-electron chi connectivity index (χ2n) is 7.27. The van der Waals surface area contributed by atoms with E-state index in [-0.39, 0.29) is 11.7 Å². The van der Waals surface area contributed by atoms with E-state index in [2.05, 4.69) is 22.5 Å². The molecule has 1 saturated heterocycles. The standard InChI is InChI=1S/C21H34FN5O/c1-4-24-21(27-14-10-17(11-15-27)16-20(28)23-2)25-12-7-13-26(3)19-9-6-5-8-18(19)22/h5-6,8-9,17H,4,7,10-16H2,1-3H3,(H,23,28)(H,24,25).